The highest BCUT2D eigenvalue weighted by atomic mass is 32.1. The largest absolute Gasteiger partial charge is 0.326 e. The quantitative estimate of drug-likeness (QED) is 0.723. The lowest BCUT2D eigenvalue weighted by atomic mass is 10.1. The molecule has 3 aromatic rings. The maximum Gasteiger partial charge on any atom is 0.277 e. The number of hydrogen-bond donors (Lipinski definition) is 2. The Kier molecular flexibility index (Phi) is 5.33. The summed E-state index contributed by atoms with van der Waals surface area (Å²) in [7, 11) is 0. The molecule has 0 fully saturated rings. The van der Waals surface area contributed by atoms with E-state index in [9.17, 15) is 9.59 Å². The Labute approximate surface area is 154 Å². The average molecular weight is 367 g/mol. The summed E-state index contributed by atoms with van der Waals surface area (Å²) in [5.41, 5.74) is 3.73. The molecule has 0 unspecified atom stereocenters. The van der Waals surface area contributed by atoms with Gasteiger partial charge in [-0.1, -0.05) is 6.07 Å². The van der Waals surface area contributed by atoms with E-state index in [0.717, 1.165) is 16.8 Å². The maximum atomic E-state index is 12.2. The lowest BCUT2D eigenvalue weighted by Crippen LogP contribution is -2.15. The van der Waals surface area contributed by atoms with Crippen molar-refractivity contribution < 1.29 is 9.59 Å². The van der Waals surface area contributed by atoms with Crippen LogP contribution < -0.4 is 10.6 Å². The second-order valence-corrected chi connectivity index (χ2v) is 6.65. The molecule has 0 atom stereocenters. The minimum atomic E-state index is -0.390. The number of carbonyl (C=O) groups is 2. The number of rotatable bonds is 5. The van der Waals surface area contributed by atoms with Crippen LogP contribution in [0.25, 0.3) is 0 Å². The first kappa shape index (κ1) is 17.7. The first-order valence-electron chi connectivity index (χ1n) is 7.89. The van der Waals surface area contributed by atoms with Crippen molar-refractivity contribution in [2.24, 2.45) is 0 Å². The highest BCUT2D eigenvalue weighted by molar-refractivity contribution is 7.14. The van der Waals surface area contributed by atoms with Gasteiger partial charge in [0.05, 0.1) is 18.3 Å². The van der Waals surface area contributed by atoms with Crippen LogP contribution in [0.3, 0.4) is 0 Å². The number of aromatic nitrogens is 3. The molecular weight excluding hydrogens is 350 g/mol. The van der Waals surface area contributed by atoms with Gasteiger partial charge in [0.15, 0.2) is 5.13 Å². The molecule has 2 aromatic heterocycles. The molecule has 0 radical (unpaired) electrons. The molecule has 7 nitrogen and oxygen atoms in total. The predicted molar refractivity (Wildman–Crippen MR) is 100 cm³/mol. The molecule has 26 heavy (non-hydrogen) atoms. The van der Waals surface area contributed by atoms with Gasteiger partial charge in [-0.15, -0.1) is 11.3 Å². The van der Waals surface area contributed by atoms with Crippen molar-refractivity contribution in [1.82, 2.24) is 15.0 Å². The molecule has 2 heterocycles. The molecule has 0 aliphatic heterocycles. The maximum absolute atomic E-state index is 12.2. The van der Waals surface area contributed by atoms with Gasteiger partial charge in [0.25, 0.3) is 5.91 Å². The van der Waals surface area contributed by atoms with E-state index in [1.807, 2.05) is 32.0 Å². The van der Waals surface area contributed by atoms with Crippen LogP contribution in [0, 0.1) is 13.8 Å². The molecule has 1 aromatic carbocycles. The third-order valence-electron chi connectivity index (χ3n) is 3.42. The molecular formula is C18H17N5O2S. The predicted octanol–water partition coefficient (Wildman–Crippen LogP) is 2.98. The Morgan fingerprint density at radius 3 is 2.54 bits per heavy atom. The van der Waals surface area contributed by atoms with Crippen LogP contribution in [0.1, 0.15) is 27.3 Å². The average Bonchev–Trinajstić information content (AvgIpc) is 3.01. The Bertz CT molecular complexity index is 920. The highest BCUT2D eigenvalue weighted by Crippen LogP contribution is 2.18. The van der Waals surface area contributed by atoms with Crippen molar-refractivity contribution in [3.8, 4) is 0 Å². The second-order valence-electron chi connectivity index (χ2n) is 5.79. The SMILES string of the molecule is Cc1cc(C)cc(NC(=O)Cc2csc(NC(=O)c3cnccn3)n2)c1. The van der Waals surface area contributed by atoms with Gasteiger partial charge in [0.2, 0.25) is 5.91 Å². The fraction of sp³-hybridized carbons (Fsp3) is 0.167. The molecule has 2 amide bonds. The van der Waals surface area contributed by atoms with Crippen LogP contribution in [-0.2, 0) is 11.2 Å². The Balaban J connectivity index is 1.59. The summed E-state index contributed by atoms with van der Waals surface area (Å²) in [5.74, 6) is -0.550. The van der Waals surface area contributed by atoms with Gasteiger partial charge in [0, 0.05) is 23.5 Å². The second kappa shape index (κ2) is 7.83. The van der Waals surface area contributed by atoms with Crippen molar-refractivity contribution in [2.75, 3.05) is 10.6 Å². The van der Waals surface area contributed by atoms with E-state index in [0.29, 0.717) is 10.8 Å². The van der Waals surface area contributed by atoms with Gasteiger partial charge >= 0.3 is 0 Å². The van der Waals surface area contributed by atoms with Gasteiger partial charge in [-0.2, -0.15) is 0 Å². The van der Waals surface area contributed by atoms with Crippen molar-refractivity contribution in [2.45, 2.75) is 20.3 Å². The Hall–Kier alpha value is -3.13. The molecule has 0 bridgehead atoms. The van der Waals surface area contributed by atoms with Crippen molar-refractivity contribution >= 4 is 34.0 Å². The fourth-order valence-corrected chi connectivity index (χ4v) is 3.14. The lowest BCUT2D eigenvalue weighted by Gasteiger charge is -2.06. The number of benzene rings is 1. The Morgan fingerprint density at radius 1 is 1.08 bits per heavy atom. The summed E-state index contributed by atoms with van der Waals surface area (Å²) >= 11 is 1.25. The lowest BCUT2D eigenvalue weighted by molar-refractivity contribution is -0.115. The van der Waals surface area contributed by atoms with E-state index >= 15 is 0 Å². The molecule has 3 rings (SSSR count). The number of amides is 2. The molecule has 0 aliphatic carbocycles. The Morgan fingerprint density at radius 2 is 1.85 bits per heavy atom. The van der Waals surface area contributed by atoms with Crippen molar-refractivity contribution in [3.63, 3.8) is 0 Å². The van der Waals surface area contributed by atoms with E-state index in [2.05, 4.69) is 25.6 Å². The van der Waals surface area contributed by atoms with Gasteiger partial charge in [-0.05, 0) is 37.1 Å². The number of aryl methyl sites for hydroxylation is 2. The number of anilines is 2. The van der Waals surface area contributed by atoms with Crippen molar-refractivity contribution in [1.29, 1.82) is 0 Å². The summed E-state index contributed by atoms with van der Waals surface area (Å²) in [6.45, 7) is 3.96. The zero-order chi connectivity index (χ0) is 18.5. The molecule has 8 heteroatoms. The van der Waals surface area contributed by atoms with Crippen LogP contribution in [-0.4, -0.2) is 26.8 Å². The van der Waals surface area contributed by atoms with Gasteiger partial charge in [-0.25, -0.2) is 9.97 Å². The van der Waals surface area contributed by atoms with E-state index in [1.165, 1.54) is 29.9 Å². The van der Waals surface area contributed by atoms with E-state index in [-0.39, 0.29) is 18.0 Å². The fourth-order valence-electron chi connectivity index (χ4n) is 2.44. The normalized spacial score (nSPS) is 10.4. The molecule has 132 valence electrons. The number of nitrogens with zero attached hydrogens (tertiary/aromatic N) is 3. The monoisotopic (exact) mass is 367 g/mol. The standard InChI is InChI=1S/C18H17N5O2S/c1-11-5-12(2)7-13(6-11)21-16(24)8-14-10-26-18(22-14)23-17(25)15-9-19-3-4-20-15/h3-7,9-10H,8H2,1-2H3,(H,21,24)(H,22,23,25). The topological polar surface area (TPSA) is 96.9 Å². The minimum absolute atomic E-state index is 0.129. The summed E-state index contributed by atoms with van der Waals surface area (Å²) in [5, 5.41) is 7.67. The number of thiazole rings is 1. The van der Waals surface area contributed by atoms with Gasteiger partial charge < -0.3 is 5.32 Å². The van der Waals surface area contributed by atoms with Crippen LogP contribution in [0.5, 0.6) is 0 Å². The third-order valence-corrected chi connectivity index (χ3v) is 4.22. The number of hydrogen-bond acceptors (Lipinski definition) is 6. The summed E-state index contributed by atoms with van der Waals surface area (Å²) in [4.78, 5) is 36.3. The zero-order valence-corrected chi connectivity index (χ0v) is 15.1. The van der Waals surface area contributed by atoms with Gasteiger partial charge in [0.1, 0.15) is 5.69 Å². The minimum Gasteiger partial charge on any atom is -0.326 e. The molecule has 0 saturated carbocycles. The van der Waals surface area contributed by atoms with Crippen LogP contribution in [0.4, 0.5) is 10.8 Å². The third kappa shape index (κ3) is 4.70. The van der Waals surface area contributed by atoms with E-state index < -0.39 is 5.91 Å². The molecule has 0 saturated heterocycles. The summed E-state index contributed by atoms with van der Waals surface area (Å²) in [6.07, 6.45) is 4.44. The van der Waals surface area contributed by atoms with Crippen molar-refractivity contribution in [3.05, 3.63) is 64.7 Å². The smallest absolute Gasteiger partial charge is 0.277 e. The number of carbonyl (C=O) groups excluding carboxylic acids is 2. The van der Waals surface area contributed by atoms with Gasteiger partial charge in [-0.3, -0.25) is 19.9 Å². The van der Waals surface area contributed by atoms with E-state index in [4.69, 9.17) is 0 Å². The molecule has 0 aliphatic rings. The van der Waals surface area contributed by atoms with E-state index in [1.54, 1.807) is 5.38 Å². The summed E-state index contributed by atoms with van der Waals surface area (Å²) in [6, 6.07) is 5.87. The van der Waals surface area contributed by atoms with Crippen LogP contribution >= 0.6 is 11.3 Å². The molecule has 0 spiro atoms. The first-order chi connectivity index (χ1) is 12.5. The van der Waals surface area contributed by atoms with Crippen LogP contribution in [0.15, 0.2) is 42.2 Å². The zero-order valence-electron chi connectivity index (χ0n) is 14.3. The first-order valence-corrected chi connectivity index (χ1v) is 8.77. The molecule has 2 N–H and O–H groups in total. The number of nitrogens with one attached hydrogen (secondary N) is 2. The summed E-state index contributed by atoms with van der Waals surface area (Å²) < 4.78 is 0. The highest BCUT2D eigenvalue weighted by Gasteiger charge is 2.12. The van der Waals surface area contributed by atoms with Crippen LogP contribution in [0.2, 0.25) is 0 Å².